The minimum absolute atomic E-state index is 0.133. The topological polar surface area (TPSA) is 74.8 Å². The first-order valence-corrected chi connectivity index (χ1v) is 9.91. The number of carbonyl (C=O) groups is 1. The van der Waals surface area contributed by atoms with Crippen LogP contribution in [0.1, 0.15) is 37.1 Å². The van der Waals surface area contributed by atoms with Crippen molar-refractivity contribution in [2.24, 2.45) is 4.99 Å². The van der Waals surface area contributed by atoms with Gasteiger partial charge in [-0.15, -0.1) is 11.3 Å². The Kier molecular flexibility index (Phi) is 8.13. The van der Waals surface area contributed by atoms with Crippen molar-refractivity contribution in [1.29, 1.82) is 0 Å². The van der Waals surface area contributed by atoms with Crippen molar-refractivity contribution in [3.8, 4) is 5.75 Å². The number of rotatable bonds is 8. The van der Waals surface area contributed by atoms with Crippen LogP contribution in [0.5, 0.6) is 5.75 Å². The standard InChI is InChI=1S/C20H28N4O2S/c1-5-21-20(22-12-14(2)19-7-6-10-27-19)23-13-16-8-9-18(26-4)17(11-16)24-15(3)25/h6-11,14H,5,12-13H2,1-4H3,(H,24,25)(H2,21,22,23). The summed E-state index contributed by atoms with van der Waals surface area (Å²) in [6, 6.07) is 9.91. The number of methoxy groups -OCH3 is 1. The maximum atomic E-state index is 11.4. The number of anilines is 1. The summed E-state index contributed by atoms with van der Waals surface area (Å²) in [6.45, 7) is 7.82. The number of hydrogen-bond acceptors (Lipinski definition) is 4. The number of amides is 1. The van der Waals surface area contributed by atoms with Crippen LogP contribution < -0.4 is 20.7 Å². The SMILES string of the molecule is CCNC(=NCc1ccc(OC)c(NC(C)=O)c1)NCC(C)c1cccs1. The number of nitrogens with zero attached hydrogens (tertiary/aromatic N) is 1. The van der Waals surface area contributed by atoms with E-state index in [2.05, 4.69) is 45.4 Å². The van der Waals surface area contributed by atoms with Crippen molar-refractivity contribution < 1.29 is 9.53 Å². The Morgan fingerprint density at radius 1 is 1.30 bits per heavy atom. The van der Waals surface area contributed by atoms with E-state index in [0.29, 0.717) is 23.9 Å². The second-order valence-electron chi connectivity index (χ2n) is 6.21. The van der Waals surface area contributed by atoms with Gasteiger partial charge in [-0.1, -0.05) is 19.1 Å². The van der Waals surface area contributed by atoms with Gasteiger partial charge in [-0.05, 0) is 36.1 Å². The molecule has 1 aromatic carbocycles. The molecule has 7 heteroatoms. The average molecular weight is 389 g/mol. The van der Waals surface area contributed by atoms with E-state index < -0.39 is 0 Å². The Balaban J connectivity index is 2.03. The fraction of sp³-hybridized carbons (Fsp3) is 0.400. The van der Waals surface area contributed by atoms with Crippen LogP contribution in [-0.2, 0) is 11.3 Å². The third kappa shape index (κ3) is 6.60. The molecule has 1 unspecified atom stereocenters. The molecule has 0 bridgehead atoms. The van der Waals surface area contributed by atoms with Gasteiger partial charge in [0.1, 0.15) is 5.75 Å². The second-order valence-corrected chi connectivity index (χ2v) is 7.19. The van der Waals surface area contributed by atoms with E-state index in [1.54, 1.807) is 18.4 Å². The molecule has 0 radical (unpaired) electrons. The lowest BCUT2D eigenvalue weighted by Crippen LogP contribution is -2.39. The first-order chi connectivity index (χ1) is 13.0. The van der Waals surface area contributed by atoms with Crippen LogP contribution in [0.4, 0.5) is 5.69 Å². The largest absolute Gasteiger partial charge is 0.495 e. The number of thiophene rings is 1. The van der Waals surface area contributed by atoms with Gasteiger partial charge >= 0.3 is 0 Å². The molecule has 1 aromatic heterocycles. The molecule has 0 saturated heterocycles. The highest BCUT2D eigenvalue weighted by Crippen LogP contribution is 2.25. The van der Waals surface area contributed by atoms with E-state index in [4.69, 9.17) is 4.74 Å². The Labute approximate surface area is 165 Å². The third-order valence-electron chi connectivity index (χ3n) is 3.94. The Morgan fingerprint density at radius 2 is 2.11 bits per heavy atom. The Hall–Kier alpha value is -2.54. The van der Waals surface area contributed by atoms with Crippen molar-refractivity contribution in [3.05, 3.63) is 46.2 Å². The lowest BCUT2D eigenvalue weighted by Gasteiger charge is -2.15. The van der Waals surface area contributed by atoms with E-state index in [0.717, 1.165) is 24.6 Å². The van der Waals surface area contributed by atoms with Gasteiger partial charge in [-0.2, -0.15) is 0 Å². The molecule has 6 nitrogen and oxygen atoms in total. The highest BCUT2D eigenvalue weighted by molar-refractivity contribution is 7.10. The zero-order valence-electron chi connectivity index (χ0n) is 16.3. The molecule has 0 spiro atoms. The molecule has 1 heterocycles. The maximum Gasteiger partial charge on any atom is 0.221 e. The van der Waals surface area contributed by atoms with E-state index in [1.165, 1.54) is 11.8 Å². The maximum absolute atomic E-state index is 11.4. The Bertz CT molecular complexity index is 759. The van der Waals surface area contributed by atoms with Crippen LogP contribution in [0.15, 0.2) is 40.7 Å². The Morgan fingerprint density at radius 3 is 2.74 bits per heavy atom. The lowest BCUT2D eigenvalue weighted by molar-refractivity contribution is -0.114. The molecule has 1 amide bonds. The normalized spacial score (nSPS) is 12.4. The van der Waals surface area contributed by atoms with Crippen LogP contribution in [0.3, 0.4) is 0 Å². The van der Waals surface area contributed by atoms with E-state index in [-0.39, 0.29) is 5.91 Å². The van der Waals surface area contributed by atoms with Gasteiger partial charge < -0.3 is 20.7 Å². The number of guanidine groups is 1. The van der Waals surface area contributed by atoms with Gasteiger partial charge in [0.2, 0.25) is 5.91 Å². The predicted octanol–water partition coefficient (Wildman–Crippen LogP) is 3.57. The second kappa shape index (κ2) is 10.6. The number of carbonyl (C=O) groups excluding carboxylic acids is 1. The summed E-state index contributed by atoms with van der Waals surface area (Å²) in [6.07, 6.45) is 0. The summed E-state index contributed by atoms with van der Waals surface area (Å²) in [5.41, 5.74) is 1.64. The number of aliphatic imine (C=N–C) groups is 1. The van der Waals surface area contributed by atoms with Gasteiger partial charge in [-0.3, -0.25) is 4.79 Å². The zero-order chi connectivity index (χ0) is 19.6. The number of hydrogen-bond donors (Lipinski definition) is 3. The first kappa shape index (κ1) is 20.8. The molecule has 0 aliphatic heterocycles. The van der Waals surface area contributed by atoms with Crippen LogP contribution in [0.25, 0.3) is 0 Å². The van der Waals surface area contributed by atoms with Crippen LogP contribution in [-0.4, -0.2) is 32.1 Å². The molecular weight excluding hydrogens is 360 g/mol. The highest BCUT2D eigenvalue weighted by Gasteiger charge is 2.09. The molecule has 1 atom stereocenters. The molecule has 0 saturated carbocycles. The summed E-state index contributed by atoms with van der Waals surface area (Å²) in [5, 5.41) is 11.6. The summed E-state index contributed by atoms with van der Waals surface area (Å²) < 4.78 is 5.29. The number of nitrogens with one attached hydrogen (secondary N) is 3. The monoisotopic (exact) mass is 388 g/mol. The molecule has 27 heavy (non-hydrogen) atoms. The third-order valence-corrected chi connectivity index (χ3v) is 5.05. The molecule has 146 valence electrons. The van der Waals surface area contributed by atoms with Crippen molar-refractivity contribution in [2.45, 2.75) is 33.2 Å². The average Bonchev–Trinajstić information content (AvgIpc) is 3.18. The van der Waals surface area contributed by atoms with E-state index in [1.807, 2.05) is 25.1 Å². The van der Waals surface area contributed by atoms with Crippen molar-refractivity contribution in [2.75, 3.05) is 25.5 Å². The fourth-order valence-corrected chi connectivity index (χ4v) is 3.36. The number of benzene rings is 1. The quantitative estimate of drug-likeness (QED) is 0.477. The van der Waals surface area contributed by atoms with E-state index >= 15 is 0 Å². The van der Waals surface area contributed by atoms with Gasteiger partial charge in [0, 0.05) is 30.8 Å². The van der Waals surface area contributed by atoms with Gasteiger partial charge in [0.05, 0.1) is 19.3 Å². The van der Waals surface area contributed by atoms with Crippen molar-refractivity contribution >= 4 is 28.9 Å². The molecule has 0 fully saturated rings. The zero-order valence-corrected chi connectivity index (χ0v) is 17.2. The summed E-state index contributed by atoms with van der Waals surface area (Å²) >= 11 is 1.77. The molecular formula is C20H28N4O2S. The van der Waals surface area contributed by atoms with E-state index in [9.17, 15) is 4.79 Å². The molecule has 2 aromatic rings. The van der Waals surface area contributed by atoms with Crippen LogP contribution >= 0.6 is 11.3 Å². The number of ether oxygens (including phenoxy) is 1. The summed E-state index contributed by atoms with van der Waals surface area (Å²) in [4.78, 5) is 17.4. The van der Waals surface area contributed by atoms with Crippen molar-refractivity contribution in [3.63, 3.8) is 0 Å². The molecule has 0 aliphatic rings. The van der Waals surface area contributed by atoms with Gasteiger partial charge in [-0.25, -0.2) is 4.99 Å². The highest BCUT2D eigenvalue weighted by atomic mass is 32.1. The van der Waals surface area contributed by atoms with Crippen LogP contribution in [0, 0.1) is 0 Å². The summed E-state index contributed by atoms with van der Waals surface area (Å²) in [5.74, 6) is 1.69. The smallest absolute Gasteiger partial charge is 0.221 e. The lowest BCUT2D eigenvalue weighted by atomic mass is 10.1. The first-order valence-electron chi connectivity index (χ1n) is 9.03. The van der Waals surface area contributed by atoms with Crippen molar-refractivity contribution in [1.82, 2.24) is 10.6 Å². The molecule has 0 aliphatic carbocycles. The van der Waals surface area contributed by atoms with Gasteiger partial charge in [0.25, 0.3) is 0 Å². The summed E-state index contributed by atoms with van der Waals surface area (Å²) in [7, 11) is 1.58. The molecule has 3 N–H and O–H groups in total. The van der Waals surface area contributed by atoms with Gasteiger partial charge in [0.15, 0.2) is 5.96 Å². The predicted molar refractivity (Wildman–Crippen MR) is 113 cm³/mol. The van der Waals surface area contributed by atoms with Crippen LogP contribution in [0.2, 0.25) is 0 Å². The fourth-order valence-electron chi connectivity index (χ4n) is 2.57. The minimum atomic E-state index is -0.133. The minimum Gasteiger partial charge on any atom is -0.495 e. The molecule has 2 rings (SSSR count).